The van der Waals surface area contributed by atoms with Gasteiger partial charge in [0.15, 0.2) is 17.0 Å². The molecule has 51 heavy (non-hydrogen) atoms. The fourth-order valence-corrected chi connectivity index (χ4v) is 7.36. The van der Waals surface area contributed by atoms with Crippen molar-refractivity contribution in [3.8, 4) is 0 Å². The number of imidazole rings is 1. The van der Waals surface area contributed by atoms with Crippen LogP contribution in [0.15, 0.2) is 67.0 Å². The van der Waals surface area contributed by atoms with Crippen molar-refractivity contribution in [3.05, 3.63) is 78.1 Å². The number of hydrogen-bond acceptors (Lipinski definition) is 9. The maximum absolute atomic E-state index is 13.7. The molecule has 1 saturated carbocycles. The molecule has 3 heterocycles. The molecule has 2 aromatic heterocycles. The number of benzene rings is 2. The third kappa shape index (κ3) is 8.45. The molecule has 6 rings (SSSR count). The average molecular weight is 709 g/mol. The average Bonchev–Trinajstić information content (AvgIpc) is 3.67. The zero-order chi connectivity index (χ0) is 36.1. The third-order valence-electron chi connectivity index (χ3n) is 9.90. The summed E-state index contributed by atoms with van der Waals surface area (Å²) in [7, 11) is 0. The Balaban J connectivity index is 1.32. The molecule has 4 N–H and O–H groups in total. The molecule has 2 fully saturated rings. The van der Waals surface area contributed by atoms with Gasteiger partial charge in [-0.25, -0.2) is 4.98 Å². The number of alkyl halides is 3. The van der Waals surface area contributed by atoms with E-state index in [9.17, 15) is 28.2 Å². The molecule has 1 aliphatic carbocycles. The van der Waals surface area contributed by atoms with Crippen molar-refractivity contribution < 1.29 is 28.2 Å². The van der Waals surface area contributed by atoms with Crippen LogP contribution in [-0.4, -0.2) is 109 Å². The first-order valence-corrected chi connectivity index (χ1v) is 17.8. The summed E-state index contributed by atoms with van der Waals surface area (Å²) in [4.78, 5) is 29.8. The minimum absolute atomic E-state index is 0.0271. The first-order valence-electron chi connectivity index (χ1n) is 17.8. The van der Waals surface area contributed by atoms with Gasteiger partial charge in [0.2, 0.25) is 5.95 Å². The Morgan fingerprint density at radius 1 is 0.941 bits per heavy atom. The van der Waals surface area contributed by atoms with Gasteiger partial charge in [-0.05, 0) is 49.4 Å². The number of hydrogen-bond donors (Lipinski definition) is 4. The molecular weight excluding hydrogens is 661 g/mol. The molecule has 0 unspecified atom stereocenters. The molecule has 1 amide bonds. The van der Waals surface area contributed by atoms with Gasteiger partial charge in [-0.15, -0.1) is 0 Å². The van der Waals surface area contributed by atoms with E-state index in [0.29, 0.717) is 40.9 Å². The van der Waals surface area contributed by atoms with Crippen molar-refractivity contribution in [2.45, 2.75) is 75.9 Å². The van der Waals surface area contributed by atoms with Crippen molar-refractivity contribution in [3.63, 3.8) is 0 Å². The van der Waals surface area contributed by atoms with Crippen LogP contribution < -0.4 is 10.6 Å². The Hall–Kier alpha value is -4.27. The zero-order valence-electron chi connectivity index (χ0n) is 29.0. The number of anilines is 2. The van der Waals surface area contributed by atoms with Crippen LogP contribution in [0.3, 0.4) is 0 Å². The molecule has 2 aromatic carbocycles. The van der Waals surface area contributed by atoms with E-state index in [1.165, 1.54) is 25.6 Å². The molecule has 1 saturated heterocycles. The molecule has 1 aliphatic heterocycles. The van der Waals surface area contributed by atoms with Gasteiger partial charge < -0.3 is 35.2 Å². The summed E-state index contributed by atoms with van der Waals surface area (Å²) in [5.74, 6) is -1.58. The molecule has 11 nitrogen and oxygen atoms in total. The number of aliphatic hydroxyl groups is 2. The lowest BCUT2D eigenvalue weighted by Crippen LogP contribution is -2.52. The number of halogens is 3. The lowest BCUT2D eigenvalue weighted by molar-refractivity contribution is -0.190. The summed E-state index contributed by atoms with van der Waals surface area (Å²) < 4.78 is 42.6. The number of nitrogens with one attached hydrogen (secondary N) is 2. The standard InChI is InChI=1S/C37H47F3N8O3/c1-24(2)22-47(35(51)37(38,39)40)28-20-29(32(50)31(28)49)48-23-43-30-33(44-36(45-34(30)48)41-16-19-46-17-10-5-11-18-46)42-21-27(25-12-6-3-7-13-25)26-14-8-4-9-15-26/h3-4,6-9,12-15,23-24,27-29,31-32,49-50H,5,10-11,16-22H2,1-2H3,(H2,41,42,44,45)/t28-,29+,31+,32-/m0/s1. The summed E-state index contributed by atoms with van der Waals surface area (Å²) in [6, 6.07) is 18.1. The molecular formula is C37H47F3N8O3. The number of aromatic nitrogens is 4. The van der Waals surface area contributed by atoms with Crippen molar-refractivity contribution in [1.29, 1.82) is 0 Å². The van der Waals surface area contributed by atoms with E-state index in [-0.39, 0.29) is 24.8 Å². The third-order valence-corrected chi connectivity index (χ3v) is 9.90. The number of likely N-dealkylation sites (tertiary alicyclic amines) is 1. The lowest BCUT2D eigenvalue weighted by atomic mass is 9.91. The van der Waals surface area contributed by atoms with Crippen LogP contribution in [0.25, 0.3) is 11.2 Å². The number of aliphatic hydroxyl groups excluding tert-OH is 2. The van der Waals surface area contributed by atoms with E-state index < -0.39 is 36.4 Å². The maximum Gasteiger partial charge on any atom is 0.471 e. The fraction of sp³-hybridized carbons (Fsp3) is 0.514. The van der Waals surface area contributed by atoms with E-state index in [2.05, 4.69) is 44.8 Å². The number of carbonyl (C=O) groups excluding carboxylic acids is 1. The Morgan fingerprint density at radius 3 is 2.20 bits per heavy atom. The molecule has 14 heteroatoms. The Morgan fingerprint density at radius 2 is 1.59 bits per heavy atom. The van der Waals surface area contributed by atoms with Crippen LogP contribution in [0, 0.1) is 5.92 Å². The number of carbonyl (C=O) groups is 1. The first-order chi connectivity index (χ1) is 24.5. The van der Waals surface area contributed by atoms with E-state index in [1.807, 2.05) is 36.4 Å². The maximum atomic E-state index is 13.7. The van der Waals surface area contributed by atoms with Gasteiger partial charge in [0.25, 0.3) is 0 Å². The second-order valence-electron chi connectivity index (χ2n) is 14.0. The van der Waals surface area contributed by atoms with Crippen LogP contribution in [0.5, 0.6) is 0 Å². The topological polar surface area (TPSA) is 132 Å². The van der Waals surface area contributed by atoms with Gasteiger partial charge in [-0.1, -0.05) is 80.9 Å². The molecule has 4 atom stereocenters. The number of nitrogens with zero attached hydrogens (tertiary/aromatic N) is 6. The van der Waals surface area contributed by atoms with Crippen molar-refractivity contribution in [1.82, 2.24) is 29.3 Å². The predicted octanol–water partition coefficient (Wildman–Crippen LogP) is 5.05. The molecule has 2 aliphatic rings. The quantitative estimate of drug-likeness (QED) is 0.151. The van der Waals surface area contributed by atoms with Crippen LogP contribution in [0.4, 0.5) is 24.9 Å². The highest BCUT2D eigenvalue weighted by molar-refractivity contribution is 5.85. The second kappa shape index (κ2) is 16.0. The SMILES string of the molecule is CC(C)CN(C(=O)C(F)(F)F)[C@H]1C[C@@H](n2cnc3c(NCC(c4ccccc4)c4ccccc4)nc(NCCN4CCCCC4)nc32)[C@H](O)[C@@H]1O. The highest BCUT2D eigenvalue weighted by atomic mass is 19.4. The highest BCUT2D eigenvalue weighted by Gasteiger charge is 2.52. The van der Waals surface area contributed by atoms with Gasteiger partial charge >= 0.3 is 12.1 Å². The van der Waals surface area contributed by atoms with Gasteiger partial charge in [-0.2, -0.15) is 23.1 Å². The molecule has 0 spiro atoms. The minimum Gasteiger partial charge on any atom is -0.388 e. The largest absolute Gasteiger partial charge is 0.471 e. The molecule has 0 bridgehead atoms. The Labute approximate surface area is 295 Å². The fourth-order valence-electron chi connectivity index (χ4n) is 7.36. The number of rotatable bonds is 13. The van der Waals surface area contributed by atoms with Crippen molar-refractivity contribution >= 4 is 28.8 Å². The van der Waals surface area contributed by atoms with E-state index >= 15 is 0 Å². The van der Waals surface area contributed by atoms with Gasteiger partial charge in [-0.3, -0.25) is 4.79 Å². The molecule has 274 valence electrons. The molecule has 4 aromatic rings. The highest BCUT2D eigenvalue weighted by Crippen LogP contribution is 2.38. The van der Waals surface area contributed by atoms with E-state index in [0.717, 1.165) is 30.8 Å². The zero-order valence-corrected chi connectivity index (χ0v) is 29.0. The lowest BCUT2D eigenvalue weighted by Gasteiger charge is -2.33. The van der Waals surface area contributed by atoms with Crippen LogP contribution in [-0.2, 0) is 4.79 Å². The monoisotopic (exact) mass is 708 g/mol. The van der Waals surface area contributed by atoms with Crippen LogP contribution in [0.1, 0.15) is 62.6 Å². The second-order valence-corrected chi connectivity index (χ2v) is 14.0. The normalized spacial score (nSPS) is 21.4. The Kier molecular flexibility index (Phi) is 11.4. The summed E-state index contributed by atoms with van der Waals surface area (Å²) in [5, 5.41) is 29.2. The van der Waals surface area contributed by atoms with Crippen molar-refractivity contribution in [2.24, 2.45) is 5.92 Å². The van der Waals surface area contributed by atoms with Crippen LogP contribution >= 0.6 is 0 Å². The van der Waals surface area contributed by atoms with E-state index in [1.54, 1.807) is 18.4 Å². The number of amides is 1. The number of fused-ring (bicyclic) bond motifs is 1. The van der Waals surface area contributed by atoms with Gasteiger partial charge in [0, 0.05) is 32.1 Å². The summed E-state index contributed by atoms with van der Waals surface area (Å²) >= 11 is 0. The number of piperidine rings is 1. The van der Waals surface area contributed by atoms with Crippen LogP contribution in [0.2, 0.25) is 0 Å². The smallest absolute Gasteiger partial charge is 0.388 e. The molecule has 0 radical (unpaired) electrons. The summed E-state index contributed by atoms with van der Waals surface area (Å²) in [6.45, 7) is 7.10. The minimum atomic E-state index is -5.13. The Bertz CT molecular complexity index is 1690. The van der Waals surface area contributed by atoms with Crippen molar-refractivity contribution in [2.75, 3.05) is 49.9 Å². The summed E-state index contributed by atoms with van der Waals surface area (Å²) in [5.41, 5.74) is 2.98. The first kappa shape index (κ1) is 36.5. The predicted molar refractivity (Wildman–Crippen MR) is 189 cm³/mol. The van der Waals surface area contributed by atoms with E-state index in [4.69, 9.17) is 9.97 Å². The van der Waals surface area contributed by atoms with Gasteiger partial charge in [0.05, 0.1) is 18.4 Å². The summed E-state index contributed by atoms with van der Waals surface area (Å²) in [6.07, 6.45) is -3.32. The van der Waals surface area contributed by atoms with Gasteiger partial charge in [0.1, 0.15) is 12.2 Å².